The number of urea groups is 1. The number of likely N-dealkylation sites (tertiary alicyclic amines) is 1. The number of nitrogens with one attached hydrogen (secondary N) is 1. The Bertz CT molecular complexity index is 636. The Labute approximate surface area is 127 Å². The summed E-state index contributed by atoms with van der Waals surface area (Å²) in [5, 5.41) is 9.75. The predicted molar refractivity (Wildman–Crippen MR) is 79.0 cm³/mol. The van der Waals surface area contributed by atoms with Crippen molar-refractivity contribution in [3.63, 3.8) is 0 Å². The van der Waals surface area contributed by atoms with Gasteiger partial charge in [-0.15, -0.1) is 11.3 Å². The van der Waals surface area contributed by atoms with Gasteiger partial charge in [-0.25, -0.2) is 9.78 Å². The van der Waals surface area contributed by atoms with Crippen molar-refractivity contribution in [2.45, 2.75) is 39.3 Å². The van der Waals surface area contributed by atoms with E-state index in [0.717, 1.165) is 41.5 Å². The highest BCUT2D eigenvalue weighted by Gasteiger charge is 2.32. The van der Waals surface area contributed by atoms with Crippen LogP contribution in [-0.2, 0) is 6.54 Å². The molecular formula is C14H18N4O2S. The van der Waals surface area contributed by atoms with Crippen LogP contribution >= 0.6 is 11.3 Å². The van der Waals surface area contributed by atoms with Gasteiger partial charge in [0.2, 0.25) is 0 Å². The lowest BCUT2D eigenvalue weighted by Crippen LogP contribution is -2.39. The van der Waals surface area contributed by atoms with Crippen molar-refractivity contribution >= 4 is 17.4 Å². The number of carbonyl (C=O) groups excluding carboxylic acids is 1. The first kappa shape index (κ1) is 14.1. The summed E-state index contributed by atoms with van der Waals surface area (Å²) in [5.41, 5.74) is 1.83. The van der Waals surface area contributed by atoms with Crippen LogP contribution in [0, 0.1) is 13.8 Å². The standard InChI is InChI=1S/C14H18N4O2S/c1-9-6-12(20-17-9)11-4-3-5-18(11)14(19)15-7-13-16-10(2)8-21-13/h6,8,11H,3-5,7H2,1-2H3,(H,15,19)/t11-/m1/s1. The van der Waals surface area contributed by atoms with Gasteiger partial charge in [-0.3, -0.25) is 0 Å². The van der Waals surface area contributed by atoms with Gasteiger partial charge in [-0.05, 0) is 26.7 Å². The monoisotopic (exact) mass is 306 g/mol. The molecule has 112 valence electrons. The van der Waals surface area contributed by atoms with E-state index in [1.54, 1.807) is 11.3 Å². The second-order valence-electron chi connectivity index (χ2n) is 5.26. The average molecular weight is 306 g/mol. The molecule has 0 radical (unpaired) electrons. The van der Waals surface area contributed by atoms with E-state index in [1.807, 2.05) is 30.2 Å². The number of nitrogens with zero attached hydrogens (tertiary/aromatic N) is 3. The number of aromatic nitrogens is 2. The van der Waals surface area contributed by atoms with Crippen LogP contribution in [0.15, 0.2) is 16.0 Å². The Hall–Kier alpha value is -1.89. The maximum Gasteiger partial charge on any atom is 0.318 e. The minimum Gasteiger partial charge on any atom is -0.359 e. The van der Waals surface area contributed by atoms with Gasteiger partial charge >= 0.3 is 6.03 Å². The molecule has 1 fully saturated rings. The molecule has 0 aliphatic carbocycles. The van der Waals surface area contributed by atoms with E-state index in [2.05, 4.69) is 15.5 Å². The SMILES string of the molecule is Cc1cc([C@H]2CCCN2C(=O)NCc2nc(C)cs2)on1. The van der Waals surface area contributed by atoms with Gasteiger partial charge in [0, 0.05) is 23.7 Å². The molecule has 1 saturated heterocycles. The smallest absolute Gasteiger partial charge is 0.318 e. The fourth-order valence-electron chi connectivity index (χ4n) is 2.58. The summed E-state index contributed by atoms with van der Waals surface area (Å²) in [7, 11) is 0. The second-order valence-corrected chi connectivity index (χ2v) is 6.21. The van der Waals surface area contributed by atoms with E-state index in [-0.39, 0.29) is 12.1 Å². The molecule has 0 spiro atoms. The van der Waals surface area contributed by atoms with Crippen molar-refractivity contribution in [2.75, 3.05) is 6.54 Å². The molecule has 0 unspecified atom stereocenters. The summed E-state index contributed by atoms with van der Waals surface area (Å²) in [6.07, 6.45) is 1.90. The molecular weight excluding hydrogens is 288 g/mol. The third-order valence-corrected chi connectivity index (χ3v) is 4.51. The van der Waals surface area contributed by atoms with Crippen LogP contribution in [0.3, 0.4) is 0 Å². The van der Waals surface area contributed by atoms with E-state index >= 15 is 0 Å². The highest BCUT2D eigenvalue weighted by molar-refractivity contribution is 7.09. The molecule has 21 heavy (non-hydrogen) atoms. The van der Waals surface area contributed by atoms with Crippen molar-refractivity contribution in [3.05, 3.63) is 33.6 Å². The molecule has 0 aromatic carbocycles. The van der Waals surface area contributed by atoms with Crippen LogP contribution in [0.2, 0.25) is 0 Å². The van der Waals surface area contributed by atoms with Gasteiger partial charge < -0.3 is 14.7 Å². The van der Waals surface area contributed by atoms with E-state index in [4.69, 9.17) is 4.52 Å². The maximum atomic E-state index is 12.3. The Balaban J connectivity index is 1.63. The minimum absolute atomic E-state index is 0.00997. The summed E-state index contributed by atoms with van der Waals surface area (Å²) in [6.45, 7) is 5.05. The molecule has 1 N–H and O–H groups in total. The topological polar surface area (TPSA) is 71.3 Å². The highest BCUT2D eigenvalue weighted by Crippen LogP contribution is 2.32. The maximum absolute atomic E-state index is 12.3. The summed E-state index contributed by atoms with van der Waals surface area (Å²) < 4.78 is 5.31. The Kier molecular flexibility index (Phi) is 3.92. The van der Waals surface area contributed by atoms with Crippen LogP contribution < -0.4 is 5.32 Å². The molecule has 0 bridgehead atoms. The lowest BCUT2D eigenvalue weighted by atomic mass is 10.1. The normalized spacial score (nSPS) is 18.2. The molecule has 0 saturated carbocycles. The van der Waals surface area contributed by atoms with Crippen molar-refractivity contribution in [2.24, 2.45) is 0 Å². The number of amides is 2. The van der Waals surface area contributed by atoms with Crippen LogP contribution in [0.1, 0.15) is 41.0 Å². The van der Waals surface area contributed by atoms with Gasteiger partial charge in [0.1, 0.15) is 5.01 Å². The quantitative estimate of drug-likeness (QED) is 0.946. The molecule has 3 heterocycles. The Morgan fingerprint density at radius 3 is 3.05 bits per heavy atom. The molecule has 7 heteroatoms. The molecule has 1 aliphatic heterocycles. The average Bonchev–Trinajstić information content (AvgIpc) is 3.16. The minimum atomic E-state index is -0.0700. The first-order valence-corrected chi connectivity index (χ1v) is 7.90. The second kappa shape index (κ2) is 5.85. The highest BCUT2D eigenvalue weighted by atomic mass is 32.1. The Morgan fingerprint density at radius 1 is 1.52 bits per heavy atom. The fourth-order valence-corrected chi connectivity index (χ4v) is 3.29. The lowest BCUT2D eigenvalue weighted by Gasteiger charge is -2.22. The number of hydrogen-bond donors (Lipinski definition) is 1. The number of rotatable bonds is 3. The largest absolute Gasteiger partial charge is 0.359 e. The molecule has 3 rings (SSSR count). The molecule has 2 amide bonds. The van der Waals surface area contributed by atoms with Crippen LogP contribution in [0.5, 0.6) is 0 Å². The molecule has 2 aromatic rings. The summed E-state index contributed by atoms with van der Waals surface area (Å²) >= 11 is 1.56. The molecule has 6 nitrogen and oxygen atoms in total. The van der Waals surface area contributed by atoms with Crippen molar-refractivity contribution in [3.8, 4) is 0 Å². The number of thiazole rings is 1. The molecule has 1 atom stereocenters. The molecule has 1 aliphatic rings. The number of aryl methyl sites for hydroxylation is 2. The van der Waals surface area contributed by atoms with Gasteiger partial charge in [-0.2, -0.15) is 0 Å². The number of hydrogen-bond acceptors (Lipinski definition) is 5. The third-order valence-electron chi connectivity index (χ3n) is 3.55. The summed E-state index contributed by atoms with van der Waals surface area (Å²) in [4.78, 5) is 18.5. The van der Waals surface area contributed by atoms with E-state index in [1.165, 1.54) is 0 Å². The van der Waals surface area contributed by atoms with Gasteiger partial charge in [-0.1, -0.05) is 5.16 Å². The van der Waals surface area contributed by atoms with E-state index in [9.17, 15) is 4.79 Å². The zero-order valence-electron chi connectivity index (χ0n) is 12.1. The zero-order valence-corrected chi connectivity index (χ0v) is 12.9. The van der Waals surface area contributed by atoms with Gasteiger partial charge in [0.25, 0.3) is 0 Å². The van der Waals surface area contributed by atoms with Crippen LogP contribution in [-0.4, -0.2) is 27.6 Å². The Morgan fingerprint density at radius 2 is 2.38 bits per heavy atom. The van der Waals surface area contributed by atoms with Crippen molar-refractivity contribution in [1.29, 1.82) is 0 Å². The van der Waals surface area contributed by atoms with Crippen molar-refractivity contribution < 1.29 is 9.32 Å². The van der Waals surface area contributed by atoms with Gasteiger partial charge in [0.15, 0.2) is 5.76 Å². The van der Waals surface area contributed by atoms with E-state index < -0.39 is 0 Å². The first-order chi connectivity index (χ1) is 10.1. The fraction of sp³-hybridized carbons (Fsp3) is 0.500. The zero-order chi connectivity index (χ0) is 14.8. The van der Waals surface area contributed by atoms with Crippen molar-refractivity contribution in [1.82, 2.24) is 20.4 Å². The van der Waals surface area contributed by atoms with Gasteiger partial charge in [0.05, 0.1) is 18.3 Å². The summed E-state index contributed by atoms with van der Waals surface area (Å²) in [5.74, 6) is 0.769. The van der Waals surface area contributed by atoms with E-state index in [0.29, 0.717) is 6.54 Å². The predicted octanol–water partition coefficient (Wildman–Crippen LogP) is 2.79. The molecule has 2 aromatic heterocycles. The van der Waals surface area contributed by atoms with Crippen LogP contribution in [0.4, 0.5) is 4.79 Å². The lowest BCUT2D eigenvalue weighted by molar-refractivity contribution is 0.182. The summed E-state index contributed by atoms with van der Waals surface area (Å²) in [6, 6.07) is 1.82. The number of carbonyl (C=O) groups is 1. The van der Waals surface area contributed by atoms with Crippen LogP contribution in [0.25, 0.3) is 0 Å². The third kappa shape index (κ3) is 3.07. The first-order valence-electron chi connectivity index (χ1n) is 7.02.